The minimum Gasteiger partial charge on any atom is -0.382 e. The van der Waals surface area contributed by atoms with Gasteiger partial charge in [-0.15, -0.1) is 0 Å². The lowest BCUT2D eigenvalue weighted by Gasteiger charge is -2.17. The van der Waals surface area contributed by atoms with Gasteiger partial charge in [-0.3, -0.25) is 4.57 Å². The SMILES string of the molecule is CCSC[C@H]1O[C@@H](n2cnc3c(N)ncnc32)C[C@@H]1SCC. The Bertz CT molecular complexity index is 635. The third kappa shape index (κ3) is 3.04. The Labute approximate surface area is 138 Å². The molecule has 0 spiro atoms. The average Bonchev–Trinajstić information content (AvgIpc) is 3.10. The van der Waals surface area contributed by atoms with Crippen LogP contribution in [0.5, 0.6) is 0 Å². The van der Waals surface area contributed by atoms with Gasteiger partial charge in [-0.05, 0) is 11.5 Å². The van der Waals surface area contributed by atoms with Crippen molar-refractivity contribution >= 4 is 40.5 Å². The number of ether oxygens (including phenoxy) is 1. The normalized spacial score (nSPS) is 25.1. The first-order valence-corrected chi connectivity index (χ1v) is 9.72. The van der Waals surface area contributed by atoms with Crippen molar-refractivity contribution in [1.82, 2.24) is 19.5 Å². The van der Waals surface area contributed by atoms with Crippen LogP contribution in [0.4, 0.5) is 5.82 Å². The van der Waals surface area contributed by atoms with E-state index < -0.39 is 0 Å². The highest BCUT2D eigenvalue weighted by molar-refractivity contribution is 8.00. The van der Waals surface area contributed by atoms with Gasteiger partial charge in [0.05, 0.1) is 12.4 Å². The number of rotatable bonds is 6. The summed E-state index contributed by atoms with van der Waals surface area (Å²) in [4.78, 5) is 12.7. The van der Waals surface area contributed by atoms with E-state index in [0.717, 1.165) is 29.3 Å². The molecule has 1 aliphatic rings. The van der Waals surface area contributed by atoms with Crippen LogP contribution in [0.1, 0.15) is 26.5 Å². The Kier molecular flexibility index (Phi) is 5.10. The quantitative estimate of drug-likeness (QED) is 0.866. The summed E-state index contributed by atoms with van der Waals surface area (Å²) < 4.78 is 8.29. The van der Waals surface area contributed by atoms with Crippen LogP contribution >= 0.6 is 23.5 Å². The fraction of sp³-hybridized carbons (Fsp3) is 0.643. The molecule has 1 saturated heterocycles. The molecular formula is C14H21N5OS2. The van der Waals surface area contributed by atoms with Gasteiger partial charge in [0, 0.05) is 17.4 Å². The molecule has 2 aromatic heterocycles. The molecule has 1 fully saturated rings. The number of nitrogen functional groups attached to an aromatic ring is 1. The summed E-state index contributed by atoms with van der Waals surface area (Å²) in [5.74, 6) is 3.67. The molecular weight excluding hydrogens is 318 g/mol. The lowest BCUT2D eigenvalue weighted by molar-refractivity contribution is 0.0159. The van der Waals surface area contributed by atoms with Crippen molar-refractivity contribution in [3.63, 3.8) is 0 Å². The second kappa shape index (κ2) is 7.06. The second-order valence-corrected chi connectivity index (χ2v) is 7.94. The minimum absolute atomic E-state index is 0.0224. The van der Waals surface area contributed by atoms with Crippen molar-refractivity contribution in [2.24, 2.45) is 0 Å². The maximum atomic E-state index is 6.30. The van der Waals surface area contributed by atoms with E-state index in [9.17, 15) is 0 Å². The van der Waals surface area contributed by atoms with Crippen LogP contribution in [-0.2, 0) is 4.74 Å². The molecule has 6 nitrogen and oxygen atoms in total. The summed E-state index contributed by atoms with van der Waals surface area (Å²) in [6.07, 6.45) is 4.47. The van der Waals surface area contributed by atoms with E-state index in [1.807, 2.05) is 28.1 Å². The lowest BCUT2D eigenvalue weighted by Crippen LogP contribution is -2.21. The predicted octanol–water partition coefficient (Wildman–Crippen LogP) is 2.57. The summed E-state index contributed by atoms with van der Waals surface area (Å²) in [6.45, 7) is 4.38. The number of fused-ring (bicyclic) bond motifs is 1. The standard InChI is InChI=1S/C14H21N5OS2/c1-3-21-6-9-10(22-4-2)5-11(20-9)19-8-18-12-13(15)16-7-17-14(12)19/h7-11H,3-6H2,1-2H3,(H2,15,16,17)/t9-,10+,11-/m1/s1. The molecule has 1 aliphatic heterocycles. The highest BCUT2D eigenvalue weighted by Crippen LogP contribution is 2.38. The molecule has 3 rings (SSSR count). The zero-order chi connectivity index (χ0) is 15.5. The Morgan fingerprint density at radius 3 is 2.95 bits per heavy atom. The fourth-order valence-corrected chi connectivity index (χ4v) is 4.73. The van der Waals surface area contributed by atoms with Crippen LogP contribution in [0.2, 0.25) is 0 Å². The number of anilines is 1. The topological polar surface area (TPSA) is 78.9 Å². The van der Waals surface area contributed by atoms with Crippen molar-refractivity contribution in [2.75, 3.05) is 23.0 Å². The van der Waals surface area contributed by atoms with Crippen LogP contribution < -0.4 is 5.73 Å². The van der Waals surface area contributed by atoms with Gasteiger partial charge in [-0.25, -0.2) is 15.0 Å². The minimum atomic E-state index is -0.0224. The van der Waals surface area contributed by atoms with Gasteiger partial charge in [-0.1, -0.05) is 13.8 Å². The average molecular weight is 339 g/mol. The van der Waals surface area contributed by atoms with E-state index in [2.05, 4.69) is 28.8 Å². The Balaban J connectivity index is 1.83. The maximum absolute atomic E-state index is 6.30. The molecule has 3 atom stereocenters. The van der Waals surface area contributed by atoms with E-state index in [1.165, 1.54) is 6.33 Å². The third-order valence-electron chi connectivity index (χ3n) is 3.74. The molecule has 0 saturated carbocycles. The molecule has 0 amide bonds. The number of nitrogens with zero attached hydrogens (tertiary/aromatic N) is 4. The summed E-state index contributed by atoms with van der Waals surface area (Å²) in [7, 11) is 0. The highest BCUT2D eigenvalue weighted by atomic mass is 32.2. The summed E-state index contributed by atoms with van der Waals surface area (Å²) >= 11 is 3.91. The lowest BCUT2D eigenvalue weighted by atomic mass is 10.2. The first kappa shape index (κ1) is 15.9. The number of imidazole rings is 1. The van der Waals surface area contributed by atoms with Gasteiger partial charge < -0.3 is 10.5 Å². The van der Waals surface area contributed by atoms with Crippen LogP contribution in [-0.4, -0.2) is 48.1 Å². The summed E-state index contributed by atoms with van der Waals surface area (Å²) in [6, 6.07) is 0. The van der Waals surface area contributed by atoms with Gasteiger partial charge in [-0.2, -0.15) is 23.5 Å². The summed E-state index contributed by atoms with van der Waals surface area (Å²) in [5.41, 5.74) is 7.26. The van der Waals surface area contributed by atoms with Gasteiger partial charge >= 0.3 is 0 Å². The summed E-state index contributed by atoms with van der Waals surface area (Å²) in [5, 5.41) is 0.519. The van der Waals surface area contributed by atoms with Crippen LogP contribution in [0.15, 0.2) is 12.7 Å². The van der Waals surface area contributed by atoms with Crippen molar-refractivity contribution in [3.05, 3.63) is 12.7 Å². The number of thioether (sulfide) groups is 2. The molecule has 8 heteroatoms. The van der Waals surface area contributed by atoms with E-state index in [-0.39, 0.29) is 12.3 Å². The Hall–Kier alpha value is -0.990. The van der Waals surface area contributed by atoms with E-state index in [1.54, 1.807) is 6.33 Å². The monoisotopic (exact) mass is 339 g/mol. The number of hydrogen-bond donors (Lipinski definition) is 1. The highest BCUT2D eigenvalue weighted by Gasteiger charge is 2.36. The van der Waals surface area contributed by atoms with Crippen molar-refractivity contribution < 1.29 is 4.74 Å². The first-order valence-electron chi connectivity index (χ1n) is 7.52. The molecule has 0 bridgehead atoms. The van der Waals surface area contributed by atoms with Crippen molar-refractivity contribution in [1.29, 1.82) is 0 Å². The van der Waals surface area contributed by atoms with Gasteiger partial charge in [0.25, 0.3) is 0 Å². The van der Waals surface area contributed by atoms with Crippen LogP contribution in [0.25, 0.3) is 11.2 Å². The third-order valence-corrected chi connectivity index (χ3v) is 5.97. The second-order valence-electron chi connectivity index (χ2n) is 5.10. The van der Waals surface area contributed by atoms with Crippen molar-refractivity contribution in [3.8, 4) is 0 Å². The Morgan fingerprint density at radius 2 is 2.18 bits per heavy atom. The predicted molar refractivity (Wildman–Crippen MR) is 93.2 cm³/mol. The molecule has 120 valence electrons. The fourth-order valence-electron chi connectivity index (χ4n) is 2.73. The van der Waals surface area contributed by atoms with E-state index in [4.69, 9.17) is 10.5 Å². The molecule has 0 unspecified atom stereocenters. The molecule has 22 heavy (non-hydrogen) atoms. The zero-order valence-corrected chi connectivity index (χ0v) is 14.4. The van der Waals surface area contributed by atoms with Gasteiger partial charge in [0.15, 0.2) is 11.5 Å². The van der Waals surface area contributed by atoms with Crippen molar-refractivity contribution in [2.45, 2.75) is 37.9 Å². The number of nitrogens with two attached hydrogens (primary N) is 1. The van der Waals surface area contributed by atoms with E-state index in [0.29, 0.717) is 16.6 Å². The molecule has 3 heterocycles. The molecule has 2 aromatic rings. The smallest absolute Gasteiger partial charge is 0.167 e. The number of hydrogen-bond acceptors (Lipinski definition) is 7. The van der Waals surface area contributed by atoms with Gasteiger partial charge in [0.2, 0.25) is 0 Å². The van der Waals surface area contributed by atoms with E-state index >= 15 is 0 Å². The first-order chi connectivity index (χ1) is 10.7. The van der Waals surface area contributed by atoms with Crippen LogP contribution in [0, 0.1) is 0 Å². The molecule has 0 radical (unpaired) electrons. The number of aromatic nitrogens is 4. The van der Waals surface area contributed by atoms with Crippen LogP contribution in [0.3, 0.4) is 0 Å². The molecule has 0 aromatic carbocycles. The Morgan fingerprint density at radius 1 is 1.32 bits per heavy atom. The van der Waals surface area contributed by atoms with Gasteiger partial charge in [0.1, 0.15) is 18.1 Å². The molecule has 2 N–H and O–H groups in total. The largest absolute Gasteiger partial charge is 0.382 e. The maximum Gasteiger partial charge on any atom is 0.167 e. The molecule has 0 aliphatic carbocycles. The zero-order valence-electron chi connectivity index (χ0n) is 12.8.